The molecule has 40 heavy (non-hydrogen) atoms. The third-order valence-corrected chi connectivity index (χ3v) is 6.51. The molecule has 2 aromatic heterocycles. The van der Waals surface area contributed by atoms with Crippen LogP contribution in [-0.2, 0) is 11.0 Å². The minimum absolute atomic E-state index is 0.00802. The molecule has 1 saturated heterocycles. The molecule has 3 heterocycles. The van der Waals surface area contributed by atoms with E-state index in [2.05, 4.69) is 15.4 Å². The summed E-state index contributed by atoms with van der Waals surface area (Å²) in [5.74, 6) is -4.72. The van der Waals surface area contributed by atoms with Crippen LogP contribution in [0, 0.1) is 12.7 Å². The summed E-state index contributed by atoms with van der Waals surface area (Å²) in [6.07, 6.45) is -11.8. The van der Waals surface area contributed by atoms with Gasteiger partial charge in [0.15, 0.2) is 5.82 Å². The van der Waals surface area contributed by atoms with Gasteiger partial charge in [0.05, 0.1) is 23.8 Å². The van der Waals surface area contributed by atoms with E-state index in [0.717, 1.165) is 18.5 Å². The smallest absolute Gasteiger partial charge is 0.382 e. The van der Waals surface area contributed by atoms with Crippen molar-refractivity contribution < 1.29 is 49.1 Å². The molecule has 3 N–H and O–H groups in total. The van der Waals surface area contributed by atoms with Crippen LogP contribution in [0.5, 0.6) is 0 Å². The molecule has 0 aliphatic carbocycles. The first-order valence-corrected chi connectivity index (χ1v) is 11.3. The summed E-state index contributed by atoms with van der Waals surface area (Å²) < 4.78 is 124. The van der Waals surface area contributed by atoms with Crippen molar-refractivity contribution >= 4 is 23.1 Å². The van der Waals surface area contributed by atoms with Gasteiger partial charge in [-0.25, -0.2) is 22.7 Å². The van der Waals surface area contributed by atoms with Crippen LogP contribution in [0.15, 0.2) is 24.5 Å². The number of anilines is 1. The van der Waals surface area contributed by atoms with Crippen LogP contribution in [0.25, 0.3) is 16.8 Å². The molecule has 216 valence electrons. The van der Waals surface area contributed by atoms with Crippen molar-refractivity contribution in [2.75, 3.05) is 18.8 Å². The lowest BCUT2D eigenvalue weighted by atomic mass is 10.0. The number of hydrogen-bond donors (Lipinski definition) is 2. The van der Waals surface area contributed by atoms with Gasteiger partial charge in [-0.05, 0) is 37.6 Å². The lowest BCUT2D eigenvalue weighted by Crippen LogP contribution is -2.53. The second-order valence-electron chi connectivity index (χ2n) is 9.30. The SMILES string of the molecule is Cc1cc(F)c(-c2cc(C(F)(F)F)c3c(N)ncnn23)cc1C(=O)N[C@@H]1CN(C(=O)C(C)(F)C(F)(F)F)C[C@@H]1F. The Bertz CT molecular complexity index is 1500. The largest absolute Gasteiger partial charge is 0.431 e. The van der Waals surface area contributed by atoms with Crippen molar-refractivity contribution in [1.82, 2.24) is 24.8 Å². The number of halogens is 9. The molecule has 0 saturated carbocycles. The summed E-state index contributed by atoms with van der Waals surface area (Å²) in [5, 5.41) is 5.87. The number of fused-ring (bicyclic) bond motifs is 1. The quantitative estimate of drug-likeness (QED) is 0.453. The number of nitrogens with one attached hydrogen (secondary N) is 1. The number of aromatic nitrogens is 3. The average Bonchev–Trinajstić information content (AvgIpc) is 3.39. The van der Waals surface area contributed by atoms with Gasteiger partial charge in [-0.2, -0.15) is 31.4 Å². The molecule has 1 fully saturated rings. The van der Waals surface area contributed by atoms with Gasteiger partial charge in [0.1, 0.15) is 23.8 Å². The van der Waals surface area contributed by atoms with Crippen LogP contribution in [-0.4, -0.2) is 68.5 Å². The highest BCUT2D eigenvalue weighted by Gasteiger charge is 2.60. The van der Waals surface area contributed by atoms with Crippen molar-refractivity contribution in [1.29, 1.82) is 0 Å². The molecule has 0 spiro atoms. The Morgan fingerprint density at radius 3 is 2.33 bits per heavy atom. The number of nitrogen functional groups attached to an aromatic ring is 1. The first kappa shape index (κ1) is 28.9. The van der Waals surface area contributed by atoms with Gasteiger partial charge >= 0.3 is 12.4 Å². The van der Waals surface area contributed by atoms with Crippen LogP contribution >= 0.6 is 0 Å². The van der Waals surface area contributed by atoms with E-state index in [-0.39, 0.29) is 23.0 Å². The fraction of sp³-hybridized carbons (Fsp3) is 0.391. The Labute approximate surface area is 218 Å². The molecule has 1 unspecified atom stereocenters. The van der Waals surface area contributed by atoms with Crippen molar-refractivity contribution in [3.05, 3.63) is 47.0 Å². The zero-order chi connectivity index (χ0) is 29.9. The van der Waals surface area contributed by atoms with E-state index >= 15 is 0 Å². The molecular weight excluding hydrogens is 563 g/mol. The molecule has 1 aliphatic heterocycles. The lowest BCUT2D eigenvalue weighted by Gasteiger charge is -2.27. The van der Waals surface area contributed by atoms with Crippen LogP contribution in [0.2, 0.25) is 0 Å². The minimum Gasteiger partial charge on any atom is -0.382 e. The summed E-state index contributed by atoms with van der Waals surface area (Å²) in [7, 11) is 0. The van der Waals surface area contributed by atoms with Gasteiger partial charge < -0.3 is 16.0 Å². The highest BCUT2D eigenvalue weighted by atomic mass is 19.4. The number of benzene rings is 1. The van der Waals surface area contributed by atoms with Crippen LogP contribution in [0.1, 0.15) is 28.4 Å². The van der Waals surface area contributed by atoms with E-state index in [0.29, 0.717) is 10.6 Å². The maximum absolute atomic E-state index is 15.0. The van der Waals surface area contributed by atoms with Gasteiger partial charge in [0, 0.05) is 17.7 Å². The summed E-state index contributed by atoms with van der Waals surface area (Å²) in [6.45, 7) is -0.478. The van der Waals surface area contributed by atoms with E-state index in [1.807, 2.05) is 0 Å². The molecule has 1 aliphatic rings. The molecule has 2 amide bonds. The van der Waals surface area contributed by atoms with Crippen LogP contribution < -0.4 is 11.1 Å². The lowest BCUT2D eigenvalue weighted by molar-refractivity contribution is -0.226. The van der Waals surface area contributed by atoms with Crippen molar-refractivity contribution in [3.63, 3.8) is 0 Å². The Balaban J connectivity index is 1.66. The molecular formula is C23H19F9N6O2. The molecule has 1 aromatic carbocycles. The van der Waals surface area contributed by atoms with Crippen molar-refractivity contribution in [3.8, 4) is 11.3 Å². The zero-order valence-electron chi connectivity index (χ0n) is 20.5. The number of hydrogen-bond acceptors (Lipinski definition) is 5. The summed E-state index contributed by atoms with van der Waals surface area (Å²) in [5.41, 5.74) is -1.96. The van der Waals surface area contributed by atoms with Gasteiger partial charge in [-0.1, -0.05) is 0 Å². The number of alkyl halides is 8. The minimum atomic E-state index is -5.57. The first-order valence-electron chi connectivity index (χ1n) is 11.3. The maximum atomic E-state index is 15.0. The van der Waals surface area contributed by atoms with Gasteiger partial charge in [0.2, 0.25) is 0 Å². The topological polar surface area (TPSA) is 106 Å². The fourth-order valence-electron chi connectivity index (χ4n) is 4.32. The Morgan fingerprint density at radius 2 is 1.73 bits per heavy atom. The normalized spacial score (nSPS) is 19.6. The highest BCUT2D eigenvalue weighted by Crippen LogP contribution is 2.40. The summed E-state index contributed by atoms with van der Waals surface area (Å²) in [6, 6.07) is 0.708. The summed E-state index contributed by atoms with van der Waals surface area (Å²) in [4.78, 5) is 28.9. The Morgan fingerprint density at radius 1 is 1.07 bits per heavy atom. The molecule has 4 rings (SSSR count). The second-order valence-corrected chi connectivity index (χ2v) is 9.30. The van der Waals surface area contributed by atoms with E-state index in [9.17, 15) is 49.1 Å². The van der Waals surface area contributed by atoms with E-state index in [1.165, 1.54) is 6.92 Å². The number of amides is 2. The molecule has 0 radical (unpaired) electrons. The first-order chi connectivity index (χ1) is 18.3. The standard InChI is InChI=1S/C23H19F9N6O2/c1-9-3-13(24)11(16-5-12(22(27,28)29)17-18(33)34-8-35-38(16)17)4-10(9)19(39)36-15-7-37(6-14(15)25)20(40)21(2,26)23(30,31)32/h3-5,8,14-15H,6-7H2,1-2H3,(H,36,39)(H2,33,34,35)/t14-,15+,21?/m0/s1. The number of nitrogens with zero attached hydrogens (tertiary/aromatic N) is 4. The van der Waals surface area contributed by atoms with Crippen LogP contribution in [0.3, 0.4) is 0 Å². The molecule has 0 bridgehead atoms. The van der Waals surface area contributed by atoms with E-state index < -0.39 is 89.1 Å². The third kappa shape index (κ3) is 4.88. The van der Waals surface area contributed by atoms with Crippen LogP contribution in [0.4, 0.5) is 45.3 Å². The molecule has 3 aromatic rings. The number of nitrogens with two attached hydrogens (primary N) is 1. The van der Waals surface area contributed by atoms with Gasteiger partial charge in [0.25, 0.3) is 17.5 Å². The predicted octanol–water partition coefficient (Wildman–Crippen LogP) is 4.01. The predicted molar refractivity (Wildman–Crippen MR) is 121 cm³/mol. The summed E-state index contributed by atoms with van der Waals surface area (Å²) >= 11 is 0. The Kier molecular flexibility index (Phi) is 6.91. The number of rotatable bonds is 4. The second kappa shape index (κ2) is 9.55. The third-order valence-electron chi connectivity index (χ3n) is 6.51. The van der Waals surface area contributed by atoms with Crippen molar-refractivity contribution in [2.45, 2.75) is 44.1 Å². The highest BCUT2D eigenvalue weighted by molar-refractivity contribution is 5.97. The number of carbonyl (C=O) groups is 2. The molecule has 3 atom stereocenters. The molecule has 8 nitrogen and oxygen atoms in total. The maximum Gasteiger partial charge on any atom is 0.431 e. The number of aryl methyl sites for hydroxylation is 1. The average molecular weight is 582 g/mol. The van der Waals surface area contributed by atoms with E-state index in [1.54, 1.807) is 0 Å². The number of likely N-dealkylation sites (tertiary alicyclic amines) is 1. The monoisotopic (exact) mass is 582 g/mol. The fourth-order valence-corrected chi connectivity index (χ4v) is 4.32. The van der Waals surface area contributed by atoms with E-state index in [4.69, 9.17) is 5.73 Å². The Hall–Kier alpha value is -4.05. The van der Waals surface area contributed by atoms with Crippen molar-refractivity contribution in [2.24, 2.45) is 0 Å². The molecule has 17 heteroatoms. The van der Waals surface area contributed by atoms with Gasteiger partial charge in [-0.3, -0.25) is 9.59 Å². The number of carbonyl (C=O) groups excluding carboxylic acids is 2. The zero-order valence-corrected chi connectivity index (χ0v) is 20.5. The van der Waals surface area contributed by atoms with Gasteiger partial charge in [-0.15, -0.1) is 0 Å².